The van der Waals surface area contributed by atoms with E-state index >= 15 is 0 Å². The van der Waals surface area contributed by atoms with Crippen molar-refractivity contribution in [2.24, 2.45) is 0 Å². The van der Waals surface area contributed by atoms with Gasteiger partial charge in [0.2, 0.25) is 10.0 Å². The van der Waals surface area contributed by atoms with Crippen LogP contribution in [0.2, 0.25) is 0 Å². The Morgan fingerprint density at radius 1 is 1.30 bits per heavy atom. The second-order valence-corrected chi connectivity index (χ2v) is 7.22. The van der Waals surface area contributed by atoms with E-state index in [-0.39, 0.29) is 10.6 Å². The summed E-state index contributed by atoms with van der Waals surface area (Å²) in [5.74, 6) is -0.602. The molecule has 0 aliphatic carbocycles. The van der Waals surface area contributed by atoms with Gasteiger partial charge < -0.3 is 10.6 Å². The first-order valence-corrected chi connectivity index (χ1v) is 7.98. The van der Waals surface area contributed by atoms with E-state index in [1.54, 1.807) is 0 Å². The minimum Gasteiger partial charge on any atom is -0.396 e. The molecule has 2 rings (SSSR count). The summed E-state index contributed by atoms with van der Waals surface area (Å²) in [7, 11) is 0.409. The fraction of sp³-hybridized carbons (Fsp3) is 0.538. The van der Waals surface area contributed by atoms with Crippen molar-refractivity contribution in [2.75, 3.05) is 32.9 Å². The van der Waals surface area contributed by atoms with Crippen LogP contribution in [0.5, 0.6) is 0 Å². The van der Waals surface area contributed by atoms with E-state index < -0.39 is 15.8 Å². The fourth-order valence-electron chi connectivity index (χ4n) is 2.43. The highest BCUT2D eigenvalue weighted by molar-refractivity contribution is 7.89. The maximum atomic E-state index is 13.1. The van der Waals surface area contributed by atoms with Gasteiger partial charge in [0.15, 0.2) is 0 Å². The van der Waals surface area contributed by atoms with Crippen LogP contribution >= 0.6 is 0 Å². The molecule has 0 bridgehead atoms. The molecule has 5 nitrogen and oxygen atoms in total. The number of anilines is 1. The van der Waals surface area contributed by atoms with Crippen molar-refractivity contribution in [1.29, 1.82) is 0 Å². The minimum atomic E-state index is -3.58. The molecule has 0 amide bonds. The van der Waals surface area contributed by atoms with Crippen LogP contribution in [0.25, 0.3) is 0 Å². The third-order valence-electron chi connectivity index (χ3n) is 3.76. The Balaban J connectivity index is 2.17. The van der Waals surface area contributed by atoms with Gasteiger partial charge in [-0.2, -0.15) is 4.31 Å². The monoisotopic (exact) mass is 301 g/mol. The summed E-state index contributed by atoms with van der Waals surface area (Å²) >= 11 is 0. The normalized spacial score (nSPS) is 18.6. The zero-order chi connectivity index (χ0) is 14.9. The Hall–Kier alpha value is -1.18. The molecule has 2 N–H and O–H groups in total. The summed E-state index contributed by atoms with van der Waals surface area (Å²) in [6.45, 7) is 0.949. The molecule has 0 saturated carbocycles. The quantitative estimate of drug-likeness (QED) is 0.850. The van der Waals surface area contributed by atoms with Crippen LogP contribution in [0.1, 0.15) is 12.8 Å². The van der Waals surface area contributed by atoms with Crippen molar-refractivity contribution < 1.29 is 12.8 Å². The van der Waals surface area contributed by atoms with Crippen molar-refractivity contribution in [1.82, 2.24) is 9.21 Å². The number of hydrogen-bond donors (Lipinski definition) is 1. The van der Waals surface area contributed by atoms with Crippen LogP contribution in [0.3, 0.4) is 0 Å². The third-order valence-corrected chi connectivity index (χ3v) is 5.65. The second kappa shape index (κ2) is 5.67. The van der Waals surface area contributed by atoms with Gasteiger partial charge in [0.25, 0.3) is 0 Å². The Morgan fingerprint density at radius 3 is 2.40 bits per heavy atom. The van der Waals surface area contributed by atoms with Gasteiger partial charge in [0.1, 0.15) is 5.82 Å². The van der Waals surface area contributed by atoms with Gasteiger partial charge in [-0.15, -0.1) is 0 Å². The molecule has 1 aromatic carbocycles. The topological polar surface area (TPSA) is 66.6 Å². The van der Waals surface area contributed by atoms with Gasteiger partial charge >= 0.3 is 0 Å². The molecule has 1 fully saturated rings. The lowest BCUT2D eigenvalue weighted by atomic mass is 10.1. The van der Waals surface area contributed by atoms with Gasteiger partial charge in [-0.25, -0.2) is 12.8 Å². The molecule has 1 saturated heterocycles. The van der Waals surface area contributed by atoms with Gasteiger partial charge in [-0.1, -0.05) is 0 Å². The molecule has 112 valence electrons. The van der Waals surface area contributed by atoms with Crippen LogP contribution < -0.4 is 5.73 Å². The predicted octanol–water partition coefficient (Wildman–Crippen LogP) is 1.12. The highest BCUT2D eigenvalue weighted by Crippen LogP contribution is 2.24. The Labute approximate surface area is 119 Å². The maximum Gasteiger partial charge on any atom is 0.243 e. The summed E-state index contributed by atoms with van der Waals surface area (Å²) in [5.41, 5.74) is 5.30. The molecule has 0 unspecified atom stereocenters. The van der Waals surface area contributed by atoms with Gasteiger partial charge in [-0.3, -0.25) is 0 Å². The number of sulfonamides is 1. The zero-order valence-electron chi connectivity index (χ0n) is 11.7. The van der Waals surface area contributed by atoms with E-state index in [2.05, 4.69) is 4.90 Å². The molecule has 20 heavy (non-hydrogen) atoms. The second-order valence-electron chi connectivity index (χ2n) is 5.28. The van der Waals surface area contributed by atoms with Gasteiger partial charge in [0.05, 0.1) is 10.6 Å². The molecule has 1 heterocycles. The standard InChI is InChI=1S/C13H20FN3O2S/c1-16(2)10-5-7-17(8-6-10)20(18,19)11-3-4-12(14)13(15)9-11/h3-4,9-10H,5-8,15H2,1-2H3. The average molecular weight is 301 g/mol. The lowest BCUT2D eigenvalue weighted by molar-refractivity contribution is 0.196. The van der Waals surface area contributed by atoms with Crippen molar-refractivity contribution in [3.05, 3.63) is 24.0 Å². The van der Waals surface area contributed by atoms with Gasteiger partial charge in [-0.05, 0) is 45.1 Å². The molecule has 1 aromatic rings. The van der Waals surface area contributed by atoms with E-state index in [1.807, 2.05) is 14.1 Å². The summed E-state index contributed by atoms with van der Waals surface area (Å²) in [5, 5.41) is 0. The molecule has 0 radical (unpaired) electrons. The third kappa shape index (κ3) is 2.94. The number of benzene rings is 1. The molecule has 1 aliphatic rings. The molecule has 0 spiro atoms. The van der Waals surface area contributed by atoms with Crippen LogP contribution in [0, 0.1) is 5.82 Å². The van der Waals surface area contributed by atoms with E-state index in [9.17, 15) is 12.8 Å². The number of nitrogens with zero attached hydrogens (tertiary/aromatic N) is 2. The smallest absolute Gasteiger partial charge is 0.243 e. The maximum absolute atomic E-state index is 13.1. The van der Waals surface area contributed by atoms with E-state index in [0.29, 0.717) is 19.1 Å². The molecule has 0 atom stereocenters. The molecule has 1 aliphatic heterocycles. The van der Waals surface area contributed by atoms with Gasteiger partial charge in [0, 0.05) is 19.1 Å². The van der Waals surface area contributed by atoms with Crippen molar-refractivity contribution in [3.63, 3.8) is 0 Å². The van der Waals surface area contributed by atoms with Crippen LogP contribution in [0.15, 0.2) is 23.1 Å². The van der Waals surface area contributed by atoms with E-state index in [0.717, 1.165) is 18.9 Å². The number of rotatable bonds is 3. The number of nitrogens with two attached hydrogens (primary N) is 1. The first kappa shape index (κ1) is 15.2. The predicted molar refractivity (Wildman–Crippen MR) is 76.3 cm³/mol. The highest BCUT2D eigenvalue weighted by atomic mass is 32.2. The summed E-state index contributed by atoms with van der Waals surface area (Å²) < 4.78 is 39.5. The number of piperidine rings is 1. The largest absolute Gasteiger partial charge is 0.396 e. The highest BCUT2D eigenvalue weighted by Gasteiger charge is 2.30. The molecule has 7 heteroatoms. The molecular weight excluding hydrogens is 281 g/mol. The lowest BCUT2D eigenvalue weighted by Gasteiger charge is -2.34. The lowest BCUT2D eigenvalue weighted by Crippen LogP contribution is -2.44. The van der Waals surface area contributed by atoms with Crippen molar-refractivity contribution in [3.8, 4) is 0 Å². The van der Waals surface area contributed by atoms with Crippen LogP contribution in [0.4, 0.5) is 10.1 Å². The summed E-state index contributed by atoms with van der Waals surface area (Å²) in [4.78, 5) is 2.17. The van der Waals surface area contributed by atoms with Crippen molar-refractivity contribution in [2.45, 2.75) is 23.8 Å². The zero-order valence-corrected chi connectivity index (χ0v) is 12.5. The first-order valence-electron chi connectivity index (χ1n) is 6.54. The first-order chi connectivity index (χ1) is 9.32. The SMILES string of the molecule is CN(C)C1CCN(S(=O)(=O)c2ccc(F)c(N)c2)CC1. The summed E-state index contributed by atoms with van der Waals surface area (Å²) in [6.07, 6.45) is 1.59. The molecular formula is C13H20FN3O2S. The summed E-state index contributed by atoms with van der Waals surface area (Å²) in [6, 6.07) is 3.94. The number of halogens is 1. The Bertz CT molecular complexity index is 581. The van der Waals surface area contributed by atoms with E-state index in [1.165, 1.54) is 16.4 Å². The fourth-order valence-corrected chi connectivity index (χ4v) is 3.94. The Morgan fingerprint density at radius 2 is 1.90 bits per heavy atom. The Kier molecular flexibility index (Phi) is 4.31. The molecule has 0 aromatic heterocycles. The minimum absolute atomic E-state index is 0.0553. The van der Waals surface area contributed by atoms with Crippen LogP contribution in [-0.4, -0.2) is 50.8 Å². The van der Waals surface area contributed by atoms with Crippen LogP contribution in [-0.2, 0) is 10.0 Å². The number of nitrogen functional groups attached to an aromatic ring is 1. The van der Waals surface area contributed by atoms with E-state index in [4.69, 9.17) is 5.73 Å². The average Bonchev–Trinajstić information content (AvgIpc) is 2.41. The number of hydrogen-bond acceptors (Lipinski definition) is 4. The van der Waals surface area contributed by atoms with Crippen molar-refractivity contribution >= 4 is 15.7 Å².